The minimum Gasteiger partial charge on any atom is -0.494 e. The summed E-state index contributed by atoms with van der Waals surface area (Å²) in [5, 5.41) is 18.9. The molecule has 20 heavy (non-hydrogen) atoms. The summed E-state index contributed by atoms with van der Waals surface area (Å²) in [5.41, 5.74) is 0.539. The van der Waals surface area contributed by atoms with Gasteiger partial charge in [-0.15, -0.1) is 5.10 Å². The van der Waals surface area contributed by atoms with Crippen molar-refractivity contribution in [3.63, 3.8) is 0 Å². The summed E-state index contributed by atoms with van der Waals surface area (Å²) < 4.78 is 19.5. The van der Waals surface area contributed by atoms with Crippen molar-refractivity contribution < 1.29 is 19.0 Å². The van der Waals surface area contributed by atoms with Crippen LogP contribution in [0.1, 0.15) is 10.5 Å². The van der Waals surface area contributed by atoms with Crippen LogP contribution in [-0.2, 0) is 6.54 Å². The Balaban J connectivity index is 1.93. The van der Waals surface area contributed by atoms with Crippen molar-refractivity contribution in [3.05, 3.63) is 35.9 Å². The zero-order chi connectivity index (χ0) is 14.5. The fourth-order valence-corrected chi connectivity index (χ4v) is 1.62. The van der Waals surface area contributed by atoms with Crippen LogP contribution in [0, 0.1) is 5.82 Å². The van der Waals surface area contributed by atoms with Crippen LogP contribution in [0.15, 0.2) is 24.4 Å². The highest BCUT2D eigenvalue weighted by molar-refractivity contribution is 5.84. The van der Waals surface area contributed by atoms with Gasteiger partial charge in [-0.25, -0.2) is 13.9 Å². The SMILES string of the molecule is COc1cc(F)ccc1NCCn1cc(C(=O)O)nn1. The molecule has 7 nitrogen and oxygen atoms in total. The molecular formula is C12H13FN4O3. The highest BCUT2D eigenvalue weighted by atomic mass is 19.1. The first kappa shape index (κ1) is 13.8. The third-order valence-corrected chi connectivity index (χ3v) is 2.58. The summed E-state index contributed by atoms with van der Waals surface area (Å²) in [6.45, 7) is 0.880. The van der Waals surface area contributed by atoms with Gasteiger partial charge in [-0.1, -0.05) is 5.21 Å². The minimum atomic E-state index is -1.12. The van der Waals surface area contributed by atoms with Crippen molar-refractivity contribution in [2.24, 2.45) is 0 Å². The number of aromatic carboxylic acids is 1. The predicted molar refractivity (Wildman–Crippen MR) is 68.4 cm³/mol. The van der Waals surface area contributed by atoms with Crippen LogP contribution in [0.5, 0.6) is 5.75 Å². The number of nitrogens with one attached hydrogen (secondary N) is 1. The molecule has 0 radical (unpaired) electrons. The Morgan fingerprint density at radius 2 is 2.35 bits per heavy atom. The van der Waals surface area contributed by atoms with E-state index in [-0.39, 0.29) is 11.5 Å². The molecule has 0 aliphatic carbocycles. The first-order valence-electron chi connectivity index (χ1n) is 5.81. The fraction of sp³-hybridized carbons (Fsp3) is 0.250. The Morgan fingerprint density at radius 3 is 3.00 bits per heavy atom. The summed E-state index contributed by atoms with van der Waals surface area (Å²) >= 11 is 0. The van der Waals surface area contributed by atoms with Gasteiger partial charge in [-0.05, 0) is 12.1 Å². The second-order valence-corrected chi connectivity index (χ2v) is 3.94. The highest BCUT2D eigenvalue weighted by Gasteiger charge is 2.08. The third kappa shape index (κ3) is 3.22. The number of rotatable bonds is 6. The Labute approximate surface area is 114 Å². The molecule has 0 saturated heterocycles. The number of carboxylic acid groups (broad SMARTS) is 1. The number of carbonyl (C=O) groups is 1. The number of methoxy groups -OCH3 is 1. The van der Waals surface area contributed by atoms with Crippen LogP contribution < -0.4 is 10.1 Å². The number of nitrogens with zero attached hydrogens (tertiary/aromatic N) is 3. The van der Waals surface area contributed by atoms with Gasteiger partial charge in [0, 0.05) is 12.6 Å². The molecule has 0 bridgehead atoms. The van der Waals surface area contributed by atoms with Crippen molar-refractivity contribution in [2.75, 3.05) is 19.0 Å². The van der Waals surface area contributed by atoms with Crippen molar-refractivity contribution in [2.45, 2.75) is 6.54 Å². The normalized spacial score (nSPS) is 10.3. The molecule has 2 rings (SSSR count). The number of ether oxygens (including phenoxy) is 1. The molecule has 1 heterocycles. The van der Waals surface area contributed by atoms with Gasteiger partial charge >= 0.3 is 5.97 Å². The predicted octanol–water partition coefficient (Wildman–Crippen LogP) is 1.24. The van der Waals surface area contributed by atoms with Crippen molar-refractivity contribution >= 4 is 11.7 Å². The number of benzene rings is 1. The topological polar surface area (TPSA) is 89.3 Å². The molecule has 2 N–H and O–H groups in total. The van der Waals surface area contributed by atoms with E-state index in [1.807, 2.05) is 0 Å². The van der Waals surface area contributed by atoms with E-state index in [0.29, 0.717) is 24.5 Å². The standard InChI is InChI=1S/C12H13FN4O3/c1-20-11-6-8(13)2-3-9(11)14-4-5-17-7-10(12(18)19)15-16-17/h2-3,6-7,14H,4-5H2,1H3,(H,18,19). The Kier molecular flexibility index (Phi) is 4.14. The Morgan fingerprint density at radius 1 is 1.55 bits per heavy atom. The maximum atomic E-state index is 13.0. The van der Waals surface area contributed by atoms with Gasteiger partial charge in [-0.3, -0.25) is 0 Å². The molecule has 0 saturated carbocycles. The van der Waals surface area contributed by atoms with Crippen LogP contribution in [0.2, 0.25) is 0 Å². The smallest absolute Gasteiger partial charge is 0.358 e. The van der Waals surface area contributed by atoms with Crippen molar-refractivity contribution in [1.29, 1.82) is 0 Å². The molecule has 0 spiro atoms. The van der Waals surface area contributed by atoms with Crippen molar-refractivity contribution in [3.8, 4) is 5.75 Å². The lowest BCUT2D eigenvalue weighted by atomic mass is 10.3. The quantitative estimate of drug-likeness (QED) is 0.827. The minimum absolute atomic E-state index is 0.107. The van der Waals surface area contributed by atoms with Gasteiger partial charge in [0.25, 0.3) is 0 Å². The summed E-state index contributed by atoms with van der Waals surface area (Å²) in [6, 6.07) is 4.17. The summed E-state index contributed by atoms with van der Waals surface area (Å²) in [5.74, 6) is -1.10. The van der Waals surface area contributed by atoms with E-state index in [4.69, 9.17) is 9.84 Å². The van der Waals surface area contributed by atoms with Gasteiger partial charge in [0.15, 0.2) is 5.69 Å². The molecule has 106 valence electrons. The lowest BCUT2D eigenvalue weighted by Gasteiger charge is -2.10. The zero-order valence-electron chi connectivity index (χ0n) is 10.7. The number of carboxylic acids is 1. The van der Waals surface area contributed by atoms with Gasteiger partial charge in [0.1, 0.15) is 11.6 Å². The van der Waals surface area contributed by atoms with E-state index in [9.17, 15) is 9.18 Å². The van der Waals surface area contributed by atoms with Gasteiger partial charge in [-0.2, -0.15) is 0 Å². The monoisotopic (exact) mass is 280 g/mol. The largest absolute Gasteiger partial charge is 0.494 e. The van der Waals surface area contributed by atoms with Crippen LogP contribution in [0.25, 0.3) is 0 Å². The fourth-order valence-electron chi connectivity index (χ4n) is 1.62. The summed E-state index contributed by atoms with van der Waals surface area (Å²) in [4.78, 5) is 10.6. The Bertz CT molecular complexity index is 614. The molecule has 0 aliphatic heterocycles. The number of hydrogen-bond acceptors (Lipinski definition) is 5. The van der Waals surface area contributed by atoms with E-state index < -0.39 is 5.97 Å². The second kappa shape index (κ2) is 6.00. The van der Waals surface area contributed by atoms with E-state index in [1.54, 1.807) is 6.07 Å². The molecule has 8 heteroatoms. The van der Waals surface area contributed by atoms with Gasteiger partial charge in [0.05, 0.1) is 25.5 Å². The first-order chi connectivity index (χ1) is 9.60. The molecular weight excluding hydrogens is 267 g/mol. The van der Waals surface area contributed by atoms with Crippen LogP contribution in [-0.4, -0.2) is 39.7 Å². The molecule has 0 aliphatic rings. The number of hydrogen-bond donors (Lipinski definition) is 2. The maximum absolute atomic E-state index is 13.0. The zero-order valence-corrected chi connectivity index (χ0v) is 10.7. The molecule has 0 atom stereocenters. The van der Waals surface area contributed by atoms with Crippen LogP contribution in [0.4, 0.5) is 10.1 Å². The first-order valence-corrected chi connectivity index (χ1v) is 5.81. The molecule has 1 aromatic heterocycles. The van der Waals surface area contributed by atoms with E-state index in [0.717, 1.165) is 0 Å². The lowest BCUT2D eigenvalue weighted by Crippen LogP contribution is -2.11. The van der Waals surface area contributed by atoms with Gasteiger partial charge in [0.2, 0.25) is 0 Å². The van der Waals surface area contributed by atoms with Crippen molar-refractivity contribution in [1.82, 2.24) is 15.0 Å². The average molecular weight is 280 g/mol. The van der Waals surface area contributed by atoms with Gasteiger partial charge < -0.3 is 15.2 Å². The molecule has 0 fully saturated rings. The van der Waals surface area contributed by atoms with Crippen LogP contribution >= 0.6 is 0 Å². The molecule has 0 amide bonds. The second-order valence-electron chi connectivity index (χ2n) is 3.94. The number of aromatic nitrogens is 3. The summed E-state index contributed by atoms with van der Waals surface area (Å²) in [6.07, 6.45) is 1.34. The summed E-state index contributed by atoms with van der Waals surface area (Å²) in [7, 11) is 1.45. The number of anilines is 1. The third-order valence-electron chi connectivity index (χ3n) is 2.58. The van der Waals surface area contributed by atoms with E-state index in [1.165, 1.54) is 30.1 Å². The molecule has 2 aromatic rings. The lowest BCUT2D eigenvalue weighted by molar-refractivity contribution is 0.0690. The van der Waals surface area contributed by atoms with E-state index in [2.05, 4.69) is 15.6 Å². The molecule has 1 aromatic carbocycles. The average Bonchev–Trinajstić information content (AvgIpc) is 2.89. The van der Waals surface area contributed by atoms with Crippen LogP contribution in [0.3, 0.4) is 0 Å². The Hall–Kier alpha value is -2.64. The number of halogens is 1. The van der Waals surface area contributed by atoms with E-state index >= 15 is 0 Å². The molecule has 0 unspecified atom stereocenters. The maximum Gasteiger partial charge on any atom is 0.358 e. The highest BCUT2D eigenvalue weighted by Crippen LogP contribution is 2.24.